The first-order chi connectivity index (χ1) is 47.8. The van der Waals surface area contributed by atoms with Crippen LogP contribution in [0.4, 0.5) is 11.6 Å². The molecule has 2 amide bonds. The van der Waals surface area contributed by atoms with Crippen LogP contribution < -0.4 is 43.1 Å². The van der Waals surface area contributed by atoms with Gasteiger partial charge in [-0.15, -0.1) is 0 Å². The van der Waals surface area contributed by atoms with Crippen LogP contribution in [-0.2, 0) is 61.5 Å². The monoisotopic (exact) mass is 1450 g/mol. The summed E-state index contributed by atoms with van der Waals surface area (Å²) in [6.45, 7) is 22.9. The summed E-state index contributed by atoms with van der Waals surface area (Å²) in [5.41, 5.74) is 9.50. The van der Waals surface area contributed by atoms with E-state index in [-0.39, 0.29) is 90.3 Å². The Morgan fingerprint density at radius 3 is 1.50 bits per heavy atom. The van der Waals surface area contributed by atoms with Gasteiger partial charge in [0.15, 0.2) is 30.3 Å². The highest BCUT2D eigenvalue weighted by molar-refractivity contribution is 7.52. The lowest BCUT2D eigenvalue weighted by Crippen LogP contribution is -2.42. The second-order valence-electron chi connectivity index (χ2n) is 25.3. The molecule has 3 saturated heterocycles. The number of aromatic nitrogens is 6. The number of esters is 3. The molecule has 4 aliphatic heterocycles. The molecule has 1 aromatic carbocycles. The lowest BCUT2D eigenvalue weighted by Gasteiger charge is -2.28. The molecule has 0 saturated carbocycles. The Kier molecular flexibility index (Phi) is 33.6. The third kappa shape index (κ3) is 24.3. The fourth-order valence-electron chi connectivity index (χ4n) is 10.3. The number of nitrogens with one attached hydrogen (secondary N) is 3. The summed E-state index contributed by atoms with van der Waals surface area (Å²) < 4.78 is 58.6. The Morgan fingerprint density at radius 1 is 0.634 bits per heavy atom. The molecule has 13 N–H and O–H groups in total. The lowest BCUT2D eigenvalue weighted by molar-refractivity contribution is -0.155. The van der Waals surface area contributed by atoms with Crippen molar-refractivity contribution in [3.05, 3.63) is 76.1 Å². The van der Waals surface area contributed by atoms with Gasteiger partial charge in [0.25, 0.3) is 0 Å². The highest BCUT2D eigenvalue weighted by Gasteiger charge is 2.49. The summed E-state index contributed by atoms with van der Waals surface area (Å²) in [4.78, 5) is 98.0. The summed E-state index contributed by atoms with van der Waals surface area (Å²) in [5, 5.41) is 83.0. The maximum absolute atomic E-state index is 13.8. The number of hydrogen-bond acceptors (Lipinski definition) is 31. The second-order valence-corrected chi connectivity index (χ2v) is 27.0. The van der Waals surface area contributed by atoms with Crippen LogP contribution in [0.2, 0.25) is 0 Å². The Morgan fingerprint density at radius 2 is 1.08 bits per heavy atom. The van der Waals surface area contributed by atoms with Gasteiger partial charge in [-0.1, -0.05) is 126 Å². The van der Waals surface area contributed by atoms with E-state index in [0.29, 0.717) is 19.3 Å². The maximum atomic E-state index is 13.8. The van der Waals surface area contributed by atoms with Crippen molar-refractivity contribution in [3.63, 3.8) is 0 Å². The predicted molar refractivity (Wildman–Crippen MR) is 363 cm³/mol. The number of nitrogens with two attached hydrogens (primary N) is 2. The molecule has 7 rings (SSSR count). The second kappa shape index (κ2) is 40.3. The van der Waals surface area contributed by atoms with Gasteiger partial charge in [0.2, 0.25) is 11.8 Å². The van der Waals surface area contributed by atoms with E-state index >= 15 is 0 Å². The number of hydrazone groups is 1. The summed E-state index contributed by atoms with van der Waals surface area (Å²) in [5.74, 6) is -2.50. The van der Waals surface area contributed by atoms with Crippen LogP contribution in [-0.4, -0.2) is 207 Å². The van der Waals surface area contributed by atoms with E-state index in [9.17, 15) is 68.8 Å². The molecule has 564 valence electrons. The molecule has 0 radical (unpaired) electrons. The van der Waals surface area contributed by atoms with E-state index in [0.717, 1.165) is 54.1 Å². The standard InChI is InChI=1S/C29H44N5O10P.C22H37N5O7.C13H20N4O5/c1-6-11-20(12-7-2)26(37)31-23-15-30-34(29(39)32-23)27-25(36)24(35)22(43-27)17-42-45(40,44-21-13-9-8-10-14-21)33-19(5)28(38)41-16-18(3)4;1-5-8-13(9-6-2)19(30)25-15-10-24-27(22(32)26-15)20-18(29)17(28)14(34-20)11-33-21(31)16(23)12(4)7-3;1-6(2)13(20)21-5-8-10(18)11(19)12(22-8)17-7(3)16-9(14)4-15-17/h8-10,13-15,18-20,22,24-25,27,35-36H,6-7,11-12,16-17H2,1-5H3,(H,33,40)(H,31,32,37,39);10,12-14,16-18,20,28-29H,5-9,11,23H2,1-4H3,(H,25,26,30,32);4,6,8,10-12,18-19H,3,5H2,1-2H3,(H2,14,16)/t19-,22+,24?,25-,27+,45?;12-,14+,16-,17?,18-,20+;8-,10?,11+,12-/m001/s1. The maximum Gasteiger partial charge on any atom is 0.459 e. The predicted octanol–water partition coefficient (Wildman–Crippen LogP) is 1.88. The van der Waals surface area contributed by atoms with E-state index in [4.69, 9.17) is 48.9 Å². The largest absolute Gasteiger partial charge is 0.464 e. The average molecular weight is 1450 g/mol. The van der Waals surface area contributed by atoms with Crippen molar-refractivity contribution in [2.24, 2.45) is 51.2 Å². The van der Waals surface area contributed by atoms with Gasteiger partial charge >= 0.3 is 37.0 Å². The van der Waals surface area contributed by atoms with Crippen LogP contribution in [0.5, 0.6) is 5.75 Å². The number of para-hydroxylation sites is 1. The van der Waals surface area contributed by atoms with E-state index in [1.165, 1.54) is 36.5 Å². The summed E-state index contributed by atoms with van der Waals surface area (Å²) in [6.07, 6.45) is -5.27. The van der Waals surface area contributed by atoms with Crippen molar-refractivity contribution in [1.82, 2.24) is 39.6 Å². The first kappa shape index (κ1) is 84.1. The van der Waals surface area contributed by atoms with Crippen LogP contribution in [0.15, 0.2) is 74.8 Å². The number of amides is 2. The van der Waals surface area contributed by atoms with Gasteiger partial charge in [0, 0.05) is 11.8 Å². The van der Waals surface area contributed by atoms with Crippen LogP contribution >= 0.6 is 7.75 Å². The molecule has 37 heteroatoms. The van der Waals surface area contributed by atoms with Crippen molar-refractivity contribution in [1.29, 1.82) is 0 Å². The minimum absolute atomic E-state index is 0.0130. The smallest absolute Gasteiger partial charge is 0.459 e. The van der Waals surface area contributed by atoms with E-state index < -0.39 is 129 Å². The summed E-state index contributed by atoms with van der Waals surface area (Å²) in [7, 11) is -4.30. The van der Waals surface area contributed by atoms with Crippen molar-refractivity contribution in [3.8, 4) is 5.75 Å². The number of carbonyl (C=O) groups is 5. The van der Waals surface area contributed by atoms with Gasteiger partial charge in [-0.25, -0.2) is 24.2 Å². The van der Waals surface area contributed by atoms with Crippen molar-refractivity contribution < 1.29 is 96.6 Å². The first-order valence-electron chi connectivity index (χ1n) is 33.8. The number of rotatable bonds is 33. The number of benzene rings is 1. The molecule has 6 heterocycles. The van der Waals surface area contributed by atoms with Gasteiger partial charge in [-0.05, 0) is 56.6 Å². The molecule has 4 unspecified atom stereocenters. The SMILES string of the molecule is C=C1N=C(N)C=NN1[C@@H]1O[C@H](COC(=O)C(C)C)C(O)[C@@H]1O.CCCC(CCC)C(=O)Nc1cnn([C@@H]2O[C@H](COC(=O)[C@@H](N)[C@@H](C)CC)C(O)[C@@H]2O)c(=O)n1.CCCC(CCC)C(=O)Nc1cnn([C@@H]2O[C@H](COP(=O)(N[C@@H](C)C(=O)OCC(C)C)Oc3ccccc3)C(O)[C@@H]2O)c(=O)n1. The molecule has 3 aromatic rings. The Balaban J connectivity index is 0.000000289. The van der Waals surface area contributed by atoms with Gasteiger partial charge in [0.05, 0.1) is 37.7 Å². The molecule has 16 atom stereocenters. The highest BCUT2D eigenvalue weighted by Crippen LogP contribution is 2.46. The zero-order valence-corrected chi connectivity index (χ0v) is 59.7. The number of ether oxygens (including phenoxy) is 6. The number of anilines is 2. The van der Waals surface area contributed by atoms with Gasteiger partial charge in [0.1, 0.15) is 97.6 Å². The fraction of sp³-hybridized carbons (Fsp3) is 0.672. The molecule has 36 nitrogen and oxygen atoms in total. The lowest BCUT2D eigenvalue weighted by atomic mass is 9.97. The van der Waals surface area contributed by atoms with E-state index in [2.05, 4.69) is 52.6 Å². The molecule has 101 heavy (non-hydrogen) atoms. The van der Waals surface area contributed by atoms with Crippen LogP contribution in [0.25, 0.3) is 0 Å². The zero-order valence-electron chi connectivity index (χ0n) is 58.8. The third-order valence-electron chi connectivity index (χ3n) is 16.2. The highest BCUT2D eigenvalue weighted by atomic mass is 31.2. The normalized spacial score (nSPS) is 24.7. The molecule has 0 aliphatic carbocycles. The number of aliphatic hydroxyl groups excluding tert-OH is 6. The number of nitrogens with zero attached hydrogens (tertiary/aromatic N) is 9. The minimum Gasteiger partial charge on any atom is -0.464 e. The minimum atomic E-state index is -4.30. The van der Waals surface area contributed by atoms with Crippen LogP contribution in [0, 0.1) is 29.6 Å². The quantitative estimate of drug-likeness (QED) is 0.0236. The van der Waals surface area contributed by atoms with Gasteiger partial charge in [-0.2, -0.15) is 39.7 Å². The number of hydrogen-bond donors (Lipinski definition) is 11. The molecule has 0 spiro atoms. The van der Waals surface area contributed by atoms with Crippen molar-refractivity contribution in [2.75, 3.05) is 37.1 Å². The van der Waals surface area contributed by atoms with Crippen LogP contribution in [0.3, 0.4) is 0 Å². The van der Waals surface area contributed by atoms with Crippen molar-refractivity contribution >= 4 is 61.2 Å². The van der Waals surface area contributed by atoms with Crippen LogP contribution in [0.1, 0.15) is 146 Å². The average Bonchev–Trinajstić information content (AvgIpc) is 1.69. The fourth-order valence-corrected chi connectivity index (χ4v) is 11.8. The summed E-state index contributed by atoms with van der Waals surface area (Å²) >= 11 is 0. The number of carbonyl (C=O) groups excluding carboxylic acids is 5. The van der Waals surface area contributed by atoms with Gasteiger partial charge < -0.3 is 85.7 Å². The zero-order chi connectivity index (χ0) is 75.0. The third-order valence-corrected chi connectivity index (χ3v) is 17.9. The number of amidine groups is 1. The molecule has 0 bridgehead atoms. The number of aliphatic imine (C=N–C) groups is 1. The van der Waals surface area contributed by atoms with E-state index in [1.54, 1.807) is 32.0 Å². The molecular weight excluding hydrogens is 1350 g/mol. The Labute approximate surface area is 585 Å². The number of aliphatic hydroxyl groups is 6. The molecule has 2 aromatic heterocycles. The first-order valence-corrected chi connectivity index (χ1v) is 35.3. The topological polar surface area (TPSA) is 509 Å². The van der Waals surface area contributed by atoms with Crippen molar-refractivity contribution in [2.45, 2.75) is 220 Å². The van der Waals surface area contributed by atoms with E-state index in [1.807, 2.05) is 55.4 Å². The molecule has 3 fully saturated rings. The summed E-state index contributed by atoms with van der Waals surface area (Å²) in [6, 6.07) is 6.16. The molecule has 4 aliphatic rings. The Bertz CT molecular complexity index is 3410. The molecular formula is C64H101N14O22P. The van der Waals surface area contributed by atoms with Gasteiger partial charge in [-0.3, -0.25) is 28.5 Å². The Hall–Kier alpha value is -7.58.